The third-order valence-electron chi connectivity index (χ3n) is 4.08. The lowest BCUT2D eigenvalue weighted by molar-refractivity contribution is -0.384. The summed E-state index contributed by atoms with van der Waals surface area (Å²) in [7, 11) is 0. The van der Waals surface area contributed by atoms with Crippen LogP contribution in [0, 0.1) is 27.3 Å². The van der Waals surface area contributed by atoms with E-state index in [1.54, 1.807) is 28.8 Å². The molecule has 0 aliphatic rings. The van der Waals surface area contributed by atoms with Crippen LogP contribution in [-0.4, -0.2) is 31.3 Å². The predicted octanol–water partition coefficient (Wildman–Crippen LogP) is 3.78. The van der Waals surface area contributed by atoms with E-state index in [4.69, 9.17) is 0 Å². The van der Waals surface area contributed by atoms with Crippen LogP contribution in [0.4, 0.5) is 15.8 Å². The summed E-state index contributed by atoms with van der Waals surface area (Å²) in [6.07, 6.45) is 1.61. The number of nitrogens with one attached hydrogen (secondary N) is 1. The molecule has 0 fully saturated rings. The van der Waals surface area contributed by atoms with E-state index in [9.17, 15) is 24.6 Å². The van der Waals surface area contributed by atoms with Crippen LogP contribution in [0.5, 0.6) is 0 Å². The molecule has 1 aromatic heterocycles. The number of anilines is 1. The first-order valence-electron chi connectivity index (χ1n) is 8.84. The van der Waals surface area contributed by atoms with Crippen molar-refractivity contribution < 1.29 is 14.1 Å². The molecule has 11 heteroatoms. The average Bonchev–Trinajstić information content (AvgIpc) is 3.15. The van der Waals surface area contributed by atoms with E-state index >= 15 is 0 Å². The van der Waals surface area contributed by atoms with Crippen molar-refractivity contribution in [2.75, 3.05) is 11.1 Å². The molecule has 2 aromatic carbocycles. The molecule has 0 saturated heterocycles. The fraction of sp³-hybridized carbons (Fsp3) is 0.100. The van der Waals surface area contributed by atoms with E-state index in [-0.39, 0.29) is 28.3 Å². The topological polar surface area (TPSA) is 127 Å². The van der Waals surface area contributed by atoms with Gasteiger partial charge in [0.2, 0.25) is 5.91 Å². The number of allylic oxidation sites excluding steroid dienone is 1. The van der Waals surface area contributed by atoms with Gasteiger partial charge in [0.1, 0.15) is 11.9 Å². The number of nitro groups is 1. The highest BCUT2D eigenvalue weighted by molar-refractivity contribution is 7.99. The van der Waals surface area contributed by atoms with Gasteiger partial charge in [-0.3, -0.25) is 19.5 Å². The Morgan fingerprint density at radius 1 is 1.35 bits per heavy atom. The number of benzene rings is 2. The number of carbonyl (C=O) groups is 1. The van der Waals surface area contributed by atoms with Gasteiger partial charge in [0.15, 0.2) is 11.0 Å². The molecular formula is C20H15FN6O3S. The van der Waals surface area contributed by atoms with Crippen molar-refractivity contribution >= 4 is 29.0 Å². The van der Waals surface area contributed by atoms with Crippen LogP contribution in [0.25, 0.3) is 11.4 Å². The zero-order valence-electron chi connectivity index (χ0n) is 16.0. The first-order chi connectivity index (χ1) is 14.9. The molecule has 0 radical (unpaired) electrons. The standard InChI is InChI=1S/C20H15FN6O3S/c1-2-9-26-19(15-5-3-4-6-16(15)21)24-25-20(26)31-12-18(28)23-17-8-7-14(27(29)30)10-13(17)11-22/h2-8,10H,1,9,12H2,(H,23,28). The monoisotopic (exact) mass is 438 g/mol. The average molecular weight is 438 g/mol. The molecule has 0 aliphatic carbocycles. The summed E-state index contributed by atoms with van der Waals surface area (Å²) < 4.78 is 15.8. The summed E-state index contributed by atoms with van der Waals surface area (Å²) in [5, 5.41) is 31.1. The number of nitriles is 1. The van der Waals surface area contributed by atoms with Gasteiger partial charge in [0.05, 0.1) is 27.5 Å². The van der Waals surface area contributed by atoms with Gasteiger partial charge in [0, 0.05) is 18.7 Å². The molecule has 31 heavy (non-hydrogen) atoms. The van der Waals surface area contributed by atoms with Crippen LogP contribution in [0.2, 0.25) is 0 Å². The van der Waals surface area contributed by atoms with Crippen LogP contribution >= 0.6 is 11.8 Å². The molecule has 0 unspecified atom stereocenters. The Morgan fingerprint density at radius 2 is 2.13 bits per heavy atom. The lowest BCUT2D eigenvalue weighted by atomic mass is 10.1. The van der Waals surface area contributed by atoms with Crippen LogP contribution < -0.4 is 5.32 Å². The number of thioether (sulfide) groups is 1. The molecule has 1 N–H and O–H groups in total. The molecule has 3 rings (SSSR count). The van der Waals surface area contributed by atoms with Crippen molar-refractivity contribution in [2.45, 2.75) is 11.7 Å². The number of nitrogens with zero attached hydrogens (tertiary/aromatic N) is 5. The smallest absolute Gasteiger partial charge is 0.270 e. The summed E-state index contributed by atoms with van der Waals surface area (Å²) in [5.74, 6) is -0.662. The van der Waals surface area contributed by atoms with Crippen molar-refractivity contribution in [3.63, 3.8) is 0 Å². The fourth-order valence-electron chi connectivity index (χ4n) is 2.69. The highest BCUT2D eigenvalue weighted by Gasteiger charge is 2.18. The highest BCUT2D eigenvalue weighted by atomic mass is 32.2. The molecule has 3 aromatic rings. The first kappa shape index (κ1) is 21.7. The Labute approximate surface area is 180 Å². The second-order valence-electron chi connectivity index (χ2n) is 6.12. The molecule has 9 nitrogen and oxygen atoms in total. The van der Waals surface area contributed by atoms with E-state index in [1.165, 1.54) is 18.2 Å². The number of halogens is 1. The molecular weight excluding hydrogens is 423 g/mol. The number of aromatic nitrogens is 3. The molecule has 0 bridgehead atoms. The lowest BCUT2D eigenvalue weighted by Gasteiger charge is -2.09. The summed E-state index contributed by atoms with van der Waals surface area (Å²) >= 11 is 1.07. The number of hydrogen-bond donors (Lipinski definition) is 1. The Balaban J connectivity index is 1.75. The Hall–Kier alpha value is -4.04. The number of nitro benzene ring substituents is 1. The van der Waals surface area contributed by atoms with E-state index in [2.05, 4.69) is 22.1 Å². The van der Waals surface area contributed by atoms with Gasteiger partial charge in [-0.05, 0) is 18.2 Å². The largest absolute Gasteiger partial charge is 0.324 e. The van der Waals surface area contributed by atoms with Crippen LogP contribution in [0.1, 0.15) is 5.56 Å². The van der Waals surface area contributed by atoms with Crippen molar-refractivity contribution in [1.29, 1.82) is 5.26 Å². The zero-order chi connectivity index (χ0) is 22.4. The normalized spacial score (nSPS) is 10.3. The van der Waals surface area contributed by atoms with Crippen LogP contribution in [-0.2, 0) is 11.3 Å². The molecule has 156 valence electrons. The SMILES string of the molecule is C=CCn1c(SCC(=O)Nc2ccc([N+](=O)[O-])cc2C#N)nnc1-c1ccccc1F. The van der Waals surface area contributed by atoms with Crippen LogP contribution in [0.15, 0.2) is 60.3 Å². The Bertz CT molecular complexity index is 1200. The van der Waals surface area contributed by atoms with Gasteiger partial charge in [-0.2, -0.15) is 5.26 Å². The van der Waals surface area contributed by atoms with E-state index in [0.717, 1.165) is 17.8 Å². The summed E-state index contributed by atoms with van der Waals surface area (Å²) in [4.78, 5) is 22.6. The molecule has 0 atom stereocenters. The second-order valence-corrected chi connectivity index (χ2v) is 7.06. The minimum Gasteiger partial charge on any atom is -0.324 e. The number of rotatable bonds is 8. The quantitative estimate of drug-likeness (QED) is 0.245. The fourth-order valence-corrected chi connectivity index (χ4v) is 3.44. The minimum absolute atomic E-state index is 0.0239. The van der Waals surface area contributed by atoms with Gasteiger partial charge in [-0.1, -0.05) is 30.0 Å². The van der Waals surface area contributed by atoms with E-state index in [0.29, 0.717) is 17.5 Å². The molecule has 1 heterocycles. The molecule has 0 saturated carbocycles. The summed E-state index contributed by atoms with van der Waals surface area (Å²) in [6.45, 7) is 3.99. The lowest BCUT2D eigenvalue weighted by Crippen LogP contribution is -2.15. The highest BCUT2D eigenvalue weighted by Crippen LogP contribution is 2.26. The molecule has 0 aliphatic heterocycles. The van der Waals surface area contributed by atoms with Gasteiger partial charge in [-0.15, -0.1) is 16.8 Å². The third kappa shape index (κ3) is 4.93. The van der Waals surface area contributed by atoms with Crippen molar-refractivity contribution in [3.05, 3.63) is 76.6 Å². The van der Waals surface area contributed by atoms with Gasteiger partial charge in [0.25, 0.3) is 5.69 Å². The van der Waals surface area contributed by atoms with Crippen LogP contribution in [0.3, 0.4) is 0 Å². The summed E-state index contributed by atoms with van der Waals surface area (Å²) in [6, 6.07) is 11.6. The number of hydrogen-bond acceptors (Lipinski definition) is 7. The summed E-state index contributed by atoms with van der Waals surface area (Å²) in [5.41, 5.74) is 0.169. The maximum Gasteiger partial charge on any atom is 0.270 e. The minimum atomic E-state index is -0.623. The zero-order valence-corrected chi connectivity index (χ0v) is 16.8. The van der Waals surface area contributed by atoms with Gasteiger partial charge < -0.3 is 5.32 Å². The van der Waals surface area contributed by atoms with Gasteiger partial charge in [-0.25, -0.2) is 4.39 Å². The maximum absolute atomic E-state index is 14.2. The molecule has 0 spiro atoms. The number of carbonyl (C=O) groups excluding carboxylic acids is 1. The number of amides is 1. The van der Waals surface area contributed by atoms with E-state index < -0.39 is 16.6 Å². The predicted molar refractivity (Wildman–Crippen MR) is 113 cm³/mol. The third-order valence-corrected chi connectivity index (χ3v) is 5.05. The number of non-ortho nitro benzene ring substituents is 1. The van der Waals surface area contributed by atoms with Crippen molar-refractivity contribution in [2.24, 2.45) is 0 Å². The second kappa shape index (κ2) is 9.64. The van der Waals surface area contributed by atoms with Crippen molar-refractivity contribution in [1.82, 2.24) is 14.8 Å². The van der Waals surface area contributed by atoms with Gasteiger partial charge >= 0.3 is 0 Å². The first-order valence-corrected chi connectivity index (χ1v) is 9.83. The Morgan fingerprint density at radius 3 is 2.81 bits per heavy atom. The Kier molecular flexibility index (Phi) is 6.74. The van der Waals surface area contributed by atoms with Crippen molar-refractivity contribution in [3.8, 4) is 17.5 Å². The molecule has 1 amide bonds. The van der Waals surface area contributed by atoms with E-state index in [1.807, 2.05) is 6.07 Å². The maximum atomic E-state index is 14.2.